The number of hydrogen-bond donors (Lipinski definition) is 2. The highest BCUT2D eigenvalue weighted by Crippen LogP contribution is 2.21. The number of nitrogens with one attached hydrogen (secondary N) is 2. The summed E-state index contributed by atoms with van der Waals surface area (Å²) in [5.41, 5.74) is 1.41. The normalized spacial score (nSPS) is 11.8. The van der Waals surface area contributed by atoms with Gasteiger partial charge in [-0.2, -0.15) is 0 Å². The molecule has 0 heterocycles. The number of benzene rings is 1. The van der Waals surface area contributed by atoms with Crippen LogP contribution >= 0.6 is 27.5 Å². The Hall–Kier alpha value is -0.0900. The molecule has 0 aromatic heterocycles. The largest absolute Gasteiger partial charge is 0.311 e. The maximum atomic E-state index is 5.89. The Kier molecular flexibility index (Phi) is 5.93. The van der Waals surface area contributed by atoms with Crippen LogP contribution in [0.25, 0.3) is 0 Å². The molecule has 2 N–H and O–H groups in total. The van der Waals surface area contributed by atoms with Crippen LogP contribution in [0.4, 0.5) is 0 Å². The predicted molar refractivity (Wildman–Crippen MR) is 78.6 cm³/mol. The van der Waals surface area contributed by atoms with Gasteiger partial charge in [-0.05, 0) is 38.5 Å². The lowest BCUT2D eigenvalue weighted by atomic mass is 10.1. The lowest BCUT2D eigenvalue weighted by Gasteiger charge is -2.20. The Balaban J connectivity index is 2.27. The monoisotopic (exact) mass is 318 g/mol. The lowest BCUT2D eigenvalue weighted by molar-refractivity contribution is 0.421. The van der Waals surface area contributed by atoms with E-state index in [2.05, 4.69) is 47.3 Å². The maximum Gasteiger partial charge on any atom is 0.0417 e. The SMILES string of the molecule is CC(C)(C)NCCNCc1ccc(Cl)cc1Br. The van der Waals surface area contributed by atoms with E-state index >= 15 is 0 Å². The van der Waals surface area contributed by atoms with E-state index in [0.717, 1.165) is 29.1 Å². The van der Waals surface area contributed by atoms with Crippen LogP contribution in [0.3, 0.4) is 0 Å². The van der Waals surface area contributed by atoms with Gasteiger partial charge in [0.2, 0.25) is 0 Å². The Morgan fingerprint density at radius 1 is 1.24 bits per heavy atom. The van der Waals surface area contributed by atoms with Crippen molar-refractivity contribution in [3.8, 4) is 0 Å². The molecule has 0 unspecified atom stereocenters. The van der Waals surface area contributed by atoms with Crippen molar-refractivity contribution in [1.29, 1.82) is 0 Å². The van der Waals surface area contributed by atoms with E-state index in [0.29, 0.717) is 0 Å². The Bertz CT molecular complexity index is 361. The van der Waals surface area contributed by atoms with Crippen LogP contribution in [0.5, 0.6) is 0 Å². The molecule has 0 fully saturated rings. The molecule has 0 aliphatic carbocycles. The van der Waals surface area contributed by atoms with Crippen molar-refractivity contribution in [3.63, 3.8) is 0 Å². The second-order valence-corrected chi connectivity index (χ2v) is 6.38. The van der Waals surface area contributed by atoms with Gasteiger partial charge in [-0.25, -0.2) is 0 Å². The molecule has 0 saturated carbocycles. The topological polar surface area (TPSA) is 24.1 Å². The standard InChI is InChI=1S/C13H20BrClN2/c1-13(2,3)17-7-6-16-9-10-4-5-11(15)8-12(10)14/h4-5,8,16-17H,6-7,9H2,1-3H3. The fourth-order valence-electron chi connectivity index (χ4n) is 1.41. The molecule has 4 heteroatoms. The van der Waals surface area contributed by atoms with Gasteiger partial charge >= 0.3 is 0 Å². The van der Waals surface area contributed by atoms with E-state index < -0.39 is 0 Å². The smallest absolute Gasteiger partial charge is 0.0417 e. The molecule has 0 aliphatic heterocycles. The molecule has 0 bridgehead atoms. The molecule has 1 aromatic carbocycles. The van der Waals surface area contributed by atoms with Crippen molar-refractivity contribution in [1.82, 2.24) is 10.6 Å². The van der Waals surface area contributed by atoms with Crippen molar-refractivity contribution in [2.24, 2.45) is 0 Å². The van der Waals surface area contributed by atoms with E-state index in [4.69, 9.17) is 11.6 Å². The first kappa shape index (κ1) is 15.0. The molecule has 0 spiro atoms. The second kappa shape index (κ2) is 6.74. The minimum atomic E-state index is 0.183. The van der Waals surface area contributed by atoms with Crippen LogP contribution < -0.4 is 10.6 Å². The molecule has 17 heavy (non-hydrogen) atoms. The zero-order valence-electron chi connectivity index (χ0n) is 10.6. The first-order chi connectivity index (χ1) is 7.88. The molecule has 0 amide bonds. The van der Waals surface area contributed by atoms with Crippen LogP contribution in [0.2, 0.25) is 5.02 Å². The average molecular weight is 320 g/mol. The second-order valence-electron chi connectivity index (χ2n) is 5.09. The first-order valence-electron chi connectivity index (χ1n) is 5.78. The molecule has 2 nitrogen and oxygen atoms in total. The van der Waals surface area contributed by atoms with Crippen LogP contribution in [-0.4, -0.2) is 18.6 Å². The average Bonchev–Trinajstić information content (AvgIpc) is 2.18. The van der Waals surface area contributed by atoms with Crippen LogP contribution in [0.1, 0.15) is 26.3 Å². The van der Waals surface area contributed by atoms with Gasteiger partial charge in [0.1, 0.15) is 0 Å². The highest BCUT2D eigenvalue weighted by Gasteiger charge is 2.07. The summed E-state index contributed by atoms with van der Waals surface area (Å²) in [5.74, 6) is 0. The molecule has 0 aliphatic rings. The third kappa shape index (κ3) is 6.41. The Labute approximate surface area is 117 Å². The van der Waals surface area contributed by atoms with E-state index in [1.54, 1.807) is 0 Å². The van der Waals surface area contributed by atoms with Gasteiger partial charge in [0.05, 0.1) is 0 Å². The van der Waals surface area contributed by atoms with Crippen molar-refractivity contribution in [2.75, 3.05) is 13.1 Å². The minimum Gasteiger partial charge on any atom is -0.311 e. The molecular weight excluding hydrogens is 300 g/mol. The fraction of sp³-hybridized carbons (Fsp3) is 0.538. The number of hydrogen-bond acceptors (Lipinski definition) is 2. The van der Waals surface area contributed by atoms with E-state index in [1.165, 1.54) is 5.56 Å². The fourth-order valence-corrected chi connectivity index (χ4v) is 2.24. The van der Waals surface area contributed by atoms with Crippen molar-refractivity contribution in [2.45, 2.75) is 32.9 Å². The van der Waals surface area contributed by atoms with Crippen molar-refractivity contribution >= 4 is 27.5 Å². The van der Waals surface area contributed by atoms with Gasteiger partial charge in [0.15, 0.2) is 0 Å². The van der Waals surface area contributed by atoms with Crippen LogP contribution in [0.15, 0.2) is 22.7 Å². The summed E-state index contributed by atoms with van der Waals surface area (Å²) in [6.07, 6.45) is 0. The molecule has 1 aromatic rings. The van der Waals surface area contributed by atoms with Gasteiger partial charge in [-0.3, -0.25) is 0 Å². The van der Waals surface area contributed by atoms with Crippen molar-refractivity contribution < 1.29 is 0 Å². The van der Waals surface area contributed by atoms with Gasteiger partial charge in [-0.15, -0.1) is 0 Å². The zero-order valence-corrected chi connectivity index (χ0v) is 13.0. The van der Waals surface area contributed by atoms with E-state index in [-0.39, 0.29) is 5.54 Å². The maximum absolute atomic E-state index is 5.89. The highest BCUT2D eigenvalue weighted by atomic mass is 79.9. The zero-order chi connectivity index (χ0) is 12.9. The third-order valence-electron chi connectivity index (χ3n) is 2.29. The molecule has 96 valence electrons. The van der Waals surface area contributed by atoms with E-state index in [9.17, 15) is 0 Å². The van der Waals surface area contributed by atoms with Gasteiger partial charge in [-0.1, -0.05) is 33.6 Å². The van der Waals surface area contributed by atoms with Crippen molar-refractivity contribution in [3.05, 3.63) is 33.3 Å². The molecule has 1 rings (SSSR count). The van der Waals surface area contributed by atoms with E-state index in [1.807, 2.05) is 18.2 Å². The molecular formula is C13H20BrClN2. The quantitative estimate of drug-likeness (QED) is 0.811. The minimum absolute atomic E-state index is 0.183. The molecule has 0 saturated heterocycles. The highest BCUT2D eigenvalue weighted by molar-refractivity contribution is 9.10. The summed E-state index contributed by atoms with van der Waals surface area (Å²) < 4.78 is 1.06. The van der Waals surface area contributed by atoms with Crippen LogP contribution in [0, 0.1) is 0 Å². The summed E-state index contributed by atoms with van der Waals surface area (Å²) >= 11 is 9.40. The molecule has 0 atom stereocenters. The van der Waals surface area contributed by atoms with Gasteiger partial charge < -0.3 is 10.6 Å². The summed E-state index contributed by atoms with van der Waals surface area (Å²) in [7, 11) is 0. The first-order valence-corrected chi connectivity index (χ1v) is 6.95. The summed E-state index contributed by atoms with van der Waals surface area (Å²) in [5, 5.41) is 7.59. The molecule has 0 radical (unpaired) electrons. The predicted octanol–water partition coefficient (Wildman–Crippen LogP) is 3.58. The number of halogens is 2. The Morgan fingerprint density at radius 2 is 1.94 bits per heavy atom. The Morgan fingerprint density at radius 3 is 2.53 bits per heavy atom. The number of rotatable bonds is 5. The summed E-state index contributed by atoms with van der Waals surface area (Å²) in [6.45, 7) is 9.28. The third-order valence-corrected chi connectivity index (χ3v) is 3.26. The van der Waals surface area contributed by atoms with Crippen LogP contribution in [-0.2, 0) is 6.54 Å². The summed E-state index contributed by atoms with van der Waals surface area (Å²) in [6, 6.07) is 5.87. The lowest BCUT2D eigenvalue weighted by Crippen LogP contribution is -2.40. The summed E-state index contributed by atoms with van der Waals surface area (Å²) in [4.78, 5) is 0. The van der Waals surface area contributed by atoms with Gasteiger partial charge in [0.25, 0.3) is 0 Å². The van der Waals surface area contributed by atoms with Gasteiger partial charge in [0, 0.05) is 34.7 Å².